The summed E-state index contributed by atoms with van der Waals surface area (Å²) in [4.78, 5) is 12.4. The van der Waals surface area contributed by atoms with Gasteiger partial charge in [-0.3, -0.25) is 4.79 Å². The van der Waals surface area contributed by atoms with Gasteiger partial charge in [-0.25, -0.2) is 8.42 Å². The average Bonchev–Trinajstić information content (AvgIpc) is 2.56. The number of benzene rings is 2. The number of ether oxygens (including phenoxy) is 1. The summed E-state index contributed by atoms with van der Waals surface area (Å²) in [6, 6.07) is 10.4. The second-order valence-electron chi connectivity index (χ2n) is 4.74. The van der Waals surface area contributed by atoms with Gasteiger partial charge in [0.2, 0.25) is 0 Å². The lowest BCUT2D eigenvalue weighted by atomic mass is 10.2. The summed E-state index contributed by atoms with van der Waals surface area (Å²) >= 11 is 0. The van der Waals surface area contributed by atoms with Gasteiger partial charge in [-0.1, -0.05) is 19.1 Å². The number of sulfone groups is 1. The lowest BCUT2D eigenvalue weighted by Crippen LogP contribution is -2.14. The predicted octanol–water partition coefficient (Wildman–Crippen LogP) is 2.45. The Labute approximate surface area is 134 Å². The molecule has 0 fully saturated rings. The minimum atomic E-state index is -3.44. The van der Waals surface area contributed by atoms with E-state index in [9.17, 15) is 18.3 Å². The fourth-order valence-corrected chi connectivity index (χ4v) is 2.90. The van der Waals surface area contributed by atoms with E-state index in [4.69, 9.17) is 4.74 Å². The Hall–Kier alpha value is -2.54. The highest BCUT2D eigenvalue weighted by atomic mass is 32.2. The largest absolute Gasteiger partial charge is 0.506 e. The van der Waals surface area contributed by atoms with Crippen LogP contribution in [0.25, 0.3) is 0 Å². The van der Waals surface area contributed by atoms with Crippen molar-refractivity contribution in [3.05, 3.63) is 48.0 Å². The average molecular weight is 335 g/mol. The number of rotatable bonds is 5. The van der Waals surface area contributed by atoms with Gasteiger partial charge < -0.3 is 15.2 Å². The summed E-state index contributed by atoms with van der Waals surface area (Å²) in [5, 5.41) is 12.4. The molecule has 2 N–H and O–H groups in total. The highest BCUT2D eigenvalue weighted by molar-refractivity contribution is 7.91. The van der Waals surface area contributed by atoms with Crippen molar-refractivity contribution in [1.82, 2.24) is 0 Å². The van der Waals surface area contributed by atoms with Gasteiger partial charge in [0.25, 0.3) is 5.91 Å². The van der Waals surface area contributed by atoms with Crippen molar-refractivity contribution >= 4 is 21.4 Å². The molecule has 6 nitrogen and oxygen atoms in total. The molecule has 0 aliphatic heterocycles. The highest BCUT2D eigenvalue weighted by Crippen LogP contribution is 2.28. The smallest absolute Gasteiger partial charge is 0.259 e. The summed E-state index contributed by atoms with van der Waals surface area (Å²) in [6.07, 6.45) is 0. The Bertz CT molecular complexity index is 830. The van der Waals surface area contributed by atoms with Crippen molar-refractivity contribution in [2.24, 2.45) is 0 Å². The SMILES string of the molecule is CCS(=O)(=O)c1ccc(O)c(NC(=O)c2ccccc2OC)c1. The van der Waals surface area contributed by atoms with E-state index in [2.05, 4.69) is 5.32 Å². The first-order valence-electron chi connectivity index (χ1n) is 6.89. The van der Waals surface area contributed by atoms with Crippen LogP contribution in [0.2, 0.25) is 0 Å². The molecule has 122 valence electrons. The van der Waals surface area contributed by atoms with Crippen molar-refractivity contribution in [2.75, 3.05) is 18.2 Å². The second kappa shape index (κ2) is 6.70. The van der Waals surface area contributed by atoms with Gasteiger partial charge >= 0.3 is 0 Å². The van der Waals surface area contributed by atoms with Crippen LogP contribution in [0, 0.1) is 0 Å². The van der Waals surface area contributed by atoms with Gasteiger partial charge in [0.15, 0.2) is 9.84 Å². The number of methoxy groups -OCH3 is 1. The minimum Gasteiger partial charge on any atom is -0.506 e. The topological polar surface area (TPSA) is 92.7 Å². The molecule has 0 aliphatic carbocycles. The van der Waals surface area contributed by atoms with Crippen LogP contribution in [0.3, 0.4) is 0 Å². The van der Waals surface area contributed by atoms with Crippen LogP contribution in [0.15, 0.2) is 47.4 Å². The van der Waals surface area contributed by atoms with Crippen LogP contribution in [-0.2, 0) is 9.84 Å². The maximum absolute atomic E-state index is 12.3. The number of amides is 1. The minimum absolute atomic E-state index is 0.0235. The van der Waals surface area contributed by atoms with E-state index >= 15 is 0 Å². The van der Waals surface area contributed by atoms with Crippen LogP contribution in [-0.4, -0.2) is 32.3 Å². The third kappa shape index (κ3) is 3.62. The van der Waals surface area contributed by atoms with Gasteiger partial charge in [-0.05, 0) is 30.3 Å². The molecule has 23 heavy (non-hydrogen) atoms. The molecule has 0 aliphatic rings. The first-order valence-corrected chi connectivity index (χ1v) is 8.54. The Morgan fingerprint density at radius 2 is 1.91 bits per heavy atom. The number of carbonyl (C=O) groups excluding carboxylic acids is 1. The molecule has 0 saturated carbocycles. The van der Waals surface area contributed by atoms with E-state index in [1.54, 1.807) is 24.3 Å². The number of nitrogens with one attached hydrogen (secondary N) is 1. The lowest BCUT2D eigenvalue weighted by molar-refractivity contribution is 0.102. The first-order chi connectivity index (χ1) is 10.9. The molecule has 2 aromatic carbocycles. The fourth-order valence-electron chi connectivity index (χ4n) is 2.00. The zero-order chi connectivity index (χ0) is 17.0. The molecule has 1 amide bonds. The monoisotopic (exact) mass is 335 g/mol. The summed E-state index contributed by atoms with van der Waals surface area (Å²) in [7, 11) is -2.00. The first kappa shape index (κ1) is 16.8. The third-order valence-corrected chi connectivity index (χ3v) is 5.04. The zero-order valence-corrected chi connectivity index (χ0v) is 13.6. The number of phenolic OH excluding ortho intramolecular Hbond substituents is 1. The number of phenols is 1. The maximum atomic E-state index is 12.3. The molecule has 0 aromatic heterocycles. The van der Waals surface area contributed by atoms with Gasteiger partial charge in [-0.15, -0.1) is 0 Å². The predicted molar refractivity (Wildman–Crippen MR) is 86.8 cm³/mol. The molecule has 2 aromatic rings. The van der Waals surface area contributed by atoms with Crippen LogP contribution in [0.4, 0.5) is 5.69 Å². The molecular formula is C16H17NO5S. The van der Waals surface area contributed by atoms with Gasteiger partial charge in [0.1, 0.15) is 11.5 Å². The standard InChI is InChI=1S/C16H17NO5S/c1-3-23(20,21)11-8-9-14(18)13(10-11)17-16(19)12-6-4-5-7-15(12)22-2/h4-10,18H,3H2,1-2H3,(H,17,19). The Balaban J connectivity index is 2.36. The molecule has 0 spiro atoms. The molecule has 0 heterocycles. The summed E-state index contributed by atoms with van der Waals surface area (Å²) in [6.45, 7) is 1.52. The number of anilines is 1. The molecule has 0 unspecified atom stereocenters. The van der Waals surface area contributed by atoms with Gasteiger partial charge in [0.05, 0.1) is 29.0 Å². The maximum Gasteiger partial charge on any atom is 0.259 e. The summed E-state index contributed by atoms with van der Waals surface area (Å²) in [5.41, 5.74) is 0.300. The van der Waals surface area contributed by atoms with Crippen molar-refractivity contribution < 1.29 is 23.1 Å². The Morgan fingerprint density at radius 1 is 1.22 bits per heavy atom. The number of carbonyl (C=O) groups is 1. The molecule has 7 heteroatoms. The van der Waals surface area contributed by atoms with Crippen molar-refractivity contribution in [1.29, 1.82) is 0 Å². The lowest BCUT2D eigenvalue weighted by Gasteiger charge is -2.11. The summed E-state index contributed by atoms with van der Waals surface area (Å²) in [5.74, 6) is -0.425. The molecule has 2 rings (SSSR count). The van der Waals surface area contributed by atoms with E-state index in [1.165, 1.54) is 32.2 Å². The van der Waals surface area contributed by atoms with Crippen LogP contribution in [0.1, 0.15) is 17.3 Å². The third-order valence-electron chi connectivity index (χ3n) is 3.31. The zero-order valence-electron chi connectivity index (χ0n) is 12.7. The quantitative estimate of drug-likeness (QED) is 0.819. The normalized spacial score (nSPS) is 11.0. The van der Waals surface area contributed by atoms with E-state index in [0.29, 0.717) is 5.75 Å². The number of aromatic hydroxyl groups is 1. The van der Waals surface area contributed by atoms with Crippen LogP contribution >= 0.6 is 0 Å². The molecular weight excluding hydrogens is 318 g/mol. The van der Waals surface area contributed by atoms with E-state index in [1.807, 2.05) is 0 Å². The number of para-hydroxylation sites is 1. The molecule has 0 atom stereocenters. The van der Waals surface area contributed by atoms with Gasteiger partial charge in [0, 0.05) is 0 Å². The summed E-state index contributed by atoms with van der Waals surface area (Å²) < 4.78 is 28.9. The van der Waals surface area contributed by atoms with Crippen LogP contribution in [0.5, 0.6) is 11.5 Å². The number of hydrogen-bond acceptors (Lipinski definition) is 5. The Kier molecular flexibility index (Phi) is 4.90. The van der Waals surface area contributed by atoms with E-state index in [0.717, 1.165) is 0 Å². The second-order valence-corrected chi connectivity index (χ2v) is 7.02. The Morgan fingerprint density at radius 3 is 2.57 bits per heavy atom. The number of hydrogen-bond donors (Lipinski definition) is 2. The molecule has 0 bridgehead atoms. The molecule has 0 saturated heterocycles. The van der Waals surface area contributed by atoms with Crippen molar-refractivity contribution in [2.45, 2.75) is 11.8 Å². The van der Waals surface area contributed by atoms with Crippen molar-refractivity contribution in [3.8, 4) is 11.5 Å². The van der Waals surface area contributed by atoms with Crippen LogP contribution < -0.4 is 10.1 Å². The highest BCUT2D eigenvalue weighted by Gasteiger charge is 2.17. The fraction of sp³-hybridized carbons (Fsp3) is 0.188. The van der Waals surface area contributed by atoms with Gasteiger partial charge in [-0.2, -0.15) is 0 Å². The van der Waals surface area contributed by atoms with E-state index < -0.39 is 15.7 Å². The van der Waals surface area contributed by atoms with E-state index in [-0.39, 0.29) is 27.6 Å². The molecule has 0 radical (unpaired) electrons. The van der Waals surface area contributed by atoms with Crippen molar-refractivity contribution in [3.63, 3.8) is 0 Å².